The van der Waals surface area contributed by atoms with Crippen LogP contribution in [0.2, 0.25) is 0 Å². The number of aromatic nitrogens is 4. The number of nitrogens with zero attached hydrogens (tertiary/aromatic N) is 4. The summed E-state index contributed by atoms with van der Waals surface area (Å²) in [7, 11) is 3.19. The van der Waals surface area contributed by atoms with Crippen molar-refractivity contribution in [2.45, 2.75) is 26.9 Å². The number of benzene rings is 2. The lowest BCUT2D eigenvalue weighted by atomic mass is 10.2. The van der Waals surface area contributed by atoms with Crippen LogP contribution in [0.4, 0.5) is 0 Å². The molecule has 0 spiro atoms. The van der Waals surface area contributed by atoms with Crippen LogP contribution >= 0.6 is 0 Å². The van der Waals surface area contributed by atoms with Gasteiger partial charge in [-0.3, -0.25) is 9.36 Å². The smallest absolute Gasteiger partial charge is 0.337 e. The molecular weight excluding hydrogens is 408 g/mol. The third kappa shape index (κ3) is 3.91. The highest BCUT2D eigenvalue weighted by molar-refractivity contribution is 5.72. The van der Waals surface area contributed by atoms with Crippen LogP contribution < -0.4 is 20.7 Å². The summed E-state index contributed by atoms with van der Waals surface area (Å²) in [5.41, 5.74) is 1.51. The summed E-state index contributed by atoms with van der Waals surface area (Å²) in [4.78, 5) is 31.3. The number of rotatable bonds is 7. The predicted molar refractivity (Wildman–Crippen MR) is 123 cm³/mol. The van der Waals surface area contributed by atoms with E-state index >= 15 is 0 Å². The van der Waals surface area contributed by atoms with Crippen LogP contribution in [0, 0.1) is 5.92 Å². The Morgan fingerprint density at radius 3 is 2.34 bits per heavy atom. The van der Waals surface area contributed by atoms with Gasteiger partial charge in [0.05, 0.1) is 26.2 Å². The van der Waals surface area contributed by atoms with Crippen molar-refractivity contribution in [1.29, 1.82) is 0 Å². The number of ether oxygens (including phenoxy) is 2. The van der Waals surface area contributed by atoms with Gasteiger partial charge in [0.15, 0.2) is 11.2 Å². The molecule has 0 saturated heterocycles. The molecule has 0 aliphatic rings. The van der Waals surface area contributed by atoms with E-state index in [-0.39, 0.29) is 11.5 Å². The third-order valence-corrected chi connectivity index (χ3v) is 5.27. The van der Waals surface area contributed by atoms with Gasteiger partial charge in [0.2, 0.25) is 0 Å². The fourth-order valence-electron chi connectivity index (χ4n) is 3.74. The van der Waals surface area contributed by atoms with E-state index in [1.54, 1.807) is 49.4 Å². The Kier molecular flexibility index (Phi) is 5.85. The normalized spacial score (nSPS) is 11.3. The van der Waals surface area contributed by atoms with Gasteiger partial charge in [0, 0.05) is 19.2 Å². The first-order valence-corrected chi connectivity index (χ1v) is 10.4. The van der Waals surface area contributed by atoms with Gasteiger partial charge >= 0.3 is 5.69 Å². The highest BCUT2D eigenvalue weighted by atomic mass is 16.5. The van der Waals surface area contributed by atoms with Crippen molar-refractivity contribution >= 4 is 11.2 Å². The van der Waals surface area contributed by atoms with Crippen molar-refractivity contribution in [1.82, 2.24) is 18.7 Å². The van der Waals surface area contributed by atoms with Gasteiger partial charge in [-0.25, -0.2) is 14.3 Å². The van der Waals surface area contributed by atoms with Gasteiger partial charge in [0.25, 0.3) is 5.56 Å². The van der Waals surface area contributed by atoms with Gasteiger partial charge in [-0.2, -0.15) is 0 Å². The zero-order valence-corrected chi connectivity index (χ0v) is 18.6. The Bertz CT molecular complexity index is 1360. The maximum absolute atomic E-state index is 13.4. The molecule has 0 radical (unpaired) electrons. The highest BCUT2D eigenvalue weighted by Crippen LogP contribution is 2.19. The Balaban J connectivity index is 1.95. The lowest BCUT2D eigenvalue weighted by molar-refractivity contribution is 0.414. The maximum Gasteiger partial charge on any atom is 0.337 e. The summed E-state index contributed by atoms with van der Waals surface area (Å²) in [6.45, 7) is 4.69. The zero-order valence-electron chi connectivity index (χ0n) is 18.6. The van der Waals surface area contributed by atoms with Crippen molar-refractivity contribution in [3.8, 4) is 17.2 Å². The monoisotopic (exact) mass is 434 g/mol. The first kappa shape index (κ1) is 21.4. The fourth-order valence-corrected chi connectivity index (χ4v) is 3.74. The lowest BCUT2D eigenvalue weighted by Gasteiger charge is -2.14. The average molecular weight is 434 g/mol. The van der Waals surface area contributed by atoms with Crippen molar-refractivity contribution in [3.63, 3.8) is 0 Å². The molecular formula is C24H26N4O4. The maximum atomic E-state index is 13.4. The van der Waals surface area contributed by atoms with E-state index in [9.17, 15) is 9.59 Å². The molecule has 0 unspecified atom stereocenters. The lowest BCUT2D eigenvalue weighted by Crippen LogP contribution is -2.41. The molecule has 0 N–H and O–H groups in total. The summed E-state index contributed by atoms with van der Waals surface area (Å²) in [6.07, 6.45) is 1.60. The molecule has 0 fully saturated rings. The minimum Gasteiger partial charge on any atom is -0.497 e. The van der Waals surface area contributed by atoms with Crippen molar-refractivity contribution in [2.75, 3.05) is 14.2 Å². The molecule has 0 atom stereocenters. The summed E-state index contributed by atoms with van der Waals surface area (Å²) in [5.74, 6) is 1.49. The quantitative estimate of drug-likeness (QED) is 0.447. The van der Waals surface area contributed by atoms with Crippen molar-refractivity contribution in [2.24, 2.45) is 5.92 Å². The third-order valence-electron chi connectivity index (χ3n) is 5.27. The van der Waals surface area contributed by atoms with Crippen molar-refractivity contribution in [3.05, 3.63) is 81.3 Å². The predicted octanol–water partition coefficient (Wildman–Crippen LogP) is 3.07. The minimum absolute atomic E-state index is 0.120. The van der Waals surface area contributed by atoms with E-state index < -0.39 is 5.69 Å². The summed E-state index contributed by atoms with van der Waals surface area (Å²) in [5, 5.41) is 0. The molecule has 0 saturated carbocycles. The Labute approximate surface area is 185 Å². The minimum atomic E-state index is -0.417. The fraction of sp³-hybridized carbons (Fsp3) is 0.292. The number of hydrogen-bond acceptors (Lipinski definition) is 5. The molecule has 2 aromatic carbocycles. The molecule has 0 aliphatic carbocycles. The number of fused-ring (bicyclic) bond motifs is 1. The van der Waals surface area contributed by atoms with Crippen LogP contribution in [0.3, 0.4) is 0 Å². The first-order chi connectivity index (χ1) is 15.4. The largest absolute Gasteiger partial charge is 0.497 e. The molecule has 0 aliphatic heterocycles. The number of imidazole rings is 1. The van der Waals surface area contributed by atoms with Gasteiger partial charge in [-0.15, -0.1) is 0 Å². The molecule has 8 heteroatoms. The molecule has 2 aromatic heterocycles. The van der Waals surface area contributed by atoms with E-state index in [1.807, 2.05) is 38.1 Å². The Hall–Kier alpha value is -3.81. The van der Waals surface area contributed by atoms with Crippen LogP contribution in [-0.2, 0) is 13.1 Å². The van der Waals surface area contributed by atoms with E-state index in [2.05, 4.69) is 4.98 Å². The number of hydrogen-bond donors (Lipinski definition) is 0. The van der Waals surface area contributed by atoms with E-state index in [4.69, 9.17) is 9.47 Å². The van der Waals surface area contributed by atoms with Gasteiger partial charge in [-0.1, -0.05) is 32.0 Å². The Morgan fingerprint density at radius 2 is 1.69 bits per heavy atom. The second-order valence-corrected chi connectivity index (χ2v) is 8.02. The van der Waals surface area contributed by atoms with Gasteiger partial charge in [-0.05, 0) is 35.7 Å². The van der Waals surface area contributed by atoms with E-state index in [1.165, 1.54) is 9.13 Å². The molecule has 4 rings (SSSR count). The summed E-state index contributed by atoms with van der Waals surface area (Å²) < 4.78 is 15.1. The van der Waals surface area contributed by atoms with E-state index in [0.29, 0.717) is 35.7 Å². The molecule has 8 nitrogen and oxygen atoms in total. The molecule has 0 bridgehead atoms. The van der Waals surface area contributed by atoms with E-state index in [0.717, 1.165) is 11.3 Å². The standard InChI is InChI=1S/C24H26N4O4/c1-16(2)13-27-23(29)21-22(28(24(27)30)18-6-5-7-20(12-18)32-4)25-15-26(21)14-17-8-10-19(31-3)11-9-17/h5-12,15-16H,13-14H2,1-4H3. The number of methoxy groups -OCH3 is 2. The molecule has 166 valence electrons. The van der Waals surface area contributed by atoms with Crippen LogP contribution in [0.25, 0.3) is 16.9 Å². The second-order valence-electron chi connectivity index (χ2n) is 8.02. The average Bonchev–Trinajstić information content (AvgIpc) is 3.20. The molecule has 32 heavy (non-hydrogen) atoms. The summed E-state index contributed by atoms with van der Waals surface area (Å²) in [6, 6.07) is 14.8. The topological polar surface area (TPSA) is 80.3 Å². The zero-order chi connectivity index (χ0) is 22.8. The van der Waals surface area contributed by atoms with Gasteiger partial charge < -0.3 is 14.0 Å². The van der Waals surface area contributed by atoms with Gasteiger partial charge in [0.1, 0.15) is 11.5 Å². The highest BCUT2D eigenvalue weighted by Gasteiger charge is 2.20. The second kappa shape index (κ2) is 8.74. The van der Waals surface area contributed by atoms with Crippen LogP contribution in [0.5, 0.6) is 11.5 Å². The van der Waals surface area contributed by atoms with Crippen LogP contribution in [-0.4, -0.2) is 32.9 Å². The molecule has 4 aromatic rings. The van der Waals surface area contributed by atoms with Crippen LogP contribution in [0.15, 0.2) is 64.4 Å². The Morgan fingerprint density at radius 1 is 0.969 bits per heavy atom. The molecule has 2 heterocycles. The first-order valence-electron chi connectivity index (χ1n) is 10.4. The van der Waals surface area contributed by atoms with Crippen molar-refractivity contribution < 1.29 is 9.47 Å². The summed E-state index contributed by atoms with van der Waals surface area (Å²) >= 11 is 0. The van der Waals surface area contributed by atoms with Crippen LogP contribution in [0.1, 0.15) is 19.4 Å². The SMILES string of the molecule is COc1ccc(Cn2cnc3c2c(=O)n(CC(C)C)c(=O)n3-c2cccc(OC)c2)cc1. The molecule has 0 amide bonds.